The molecule has 1 atom stereocenters. The Morgan fingerprint density at radius 2 is 1.38 bits per heavy atom. The van der Waals surface area contributed by atoms with Crippen molar-refractivity contribution >= 4 is 12.4 Å². The van der Waals surface area contributed by atoms with Crippen LogP contribution >= 0.6 is 12.4 Å². The van der Waals surface area contributed by atoms with Crippen molar-refractivity contribution in [2.24, 2.45) is 0 Å². The van der Waals surface area contributed by atoms with Crippen LogP contribution in [-0.4, -0.2) is 6.54 Å². The normalized spacial score (nSPS) is 20.0. The van der Waals surface area contributed by atoms with Gasteiger partial charge in [-0.1, -0.05) is 6.42 Å². The highest BCUT2D eigenvalue weighted by molar-refractivity contribution is 5.85. The molecule has 1 N–H and O–H groups in total. The smallest absolute Gasteiger partial charge is 0.310 e. The van der Waals surface area contributed by atoms with Gasteiger partial charge in [0, 0.05) is 6.04 Å². The van der Waals surface area contributed by atoms with Crippen molar-refractivity contribution < 1.29 is 26.3 Å². The Morgan fingerprint density at radius 3 is 1.76 bits per heavy atom. The van der Waals surface area contributed by atoms with Crippen molar-refractivity contribution in [2.75, 3.05) is 6.54 Å². The first-order valence-electron chi connectivity index (χ1n) is 6.21. The van der Waals surface area contributed by atoms with Crippen LogP contribution in [-0.2, 0) is 12.4 Å². The molecule has 0 saturated carbocycles. The molecule has 1 aromatic rings. The summed E-state index contributed by atoms with van der Waals surface area (Å²) in [4.78, 5) is 0. The van der Waals surface area contributed by atoms with Gasteiger partial charge in [-0.05, 0) is 43.1 Å². The first kappa shape index (κ1) is 18.1. The molecule has 21 heavy (non-hydrogen) atoms. The molecular weight excluding hydrogens is 320 g/mol. The fourth-order valence-electron chi connectivity index (χ4n) is 2.32. The Labute approximate surface area is 124 Å². The van der Waals surface area contributed by atoms with Crippen molar-refractivity contribution in [3.05, 3.63) is 34.9 Å². The molecule has 1 aliphatic rings. The summed E-state index contributed by atoms with van der Waals surface area (Å²) in [7, 11) is 0. The van der Waals surface area contributed by atoms with E-state index in [1.807, 2.05) is 0 Å². The summed E-state index contributed by atoms with van der Waals surface area (Å²) < 4.78 is 76.3. The summed E-state index contributed by atoms with van der Waals surface area (Å²) in [6.07, 6.45) is -7.37. The number of halogens is 7. The second kappa shape index (κ2) is 6.44. The van der Waals surface area contributed by atoms with Crippen LogP contribution in [0.25, 0.3) is 0 Å². The van der Waals surface area contributed by atoms with E-state index in [2.05, 4.69) is 5.32 Å². The van der Waals surface area contributed by atoms with Gasteiger partial charge in [0.15, 0.2) is 0 Å². The van der Waals surface area contributed by atoms with Gasteiger partial charge in [-0.15, -0.1) is 12.4 Å². The fourth-order valence-corrected chi connectivity index (χ4v) is 2.32. The van der Waals surface area contributed by atoms with E-state index in [-0.39, 0.29) is 24.0 Å². The highest BCUT2D eigenvalue weighted by atomic mass is 35.5. The van der Waals surface area contributed by atoms with Crippen LogP contribution in [0.5, 0.6) is 0 Å². The zero-order valence-electron chi connectivity index (χ0n) is 10.8. The average molecular weight is 334 g/mol. The van der Waals surface area contributed by atoms with Crippen molar-refractivity contribution in [2.45, 2.75) is 37.7 Å². The van der Waals surface area contributed by atoms with E-state index in [4.69, 9.17) is 0 Å². The Hall–Kier alpha value is -0.950. The SMILES string of the molecule is Cl.FC(F)(F)c1cc([C@H]2CCCCN2)cc(C(F)(F)F)c1. The van der Waals surface area contributed by atoms with Crippen LogP contribution in [0.4, 0.5) is 26.3 Å². The lowest BCUT2D eigenvalue weighted by molar-refractivity contribution is -0.143. The van der Waals surface area contributed by atoms with Crippen LogP contribution in [0.1, 0.15) is 42.0 Å². The van der Waals surface area contributed by atoms with Crippen LogP contribution in [0.15, 0.2) is 18.2 Å². The number of nitrogens with one attached hydrogen (secondary N) is 1. The second-order valence-electron chi connectivity index (χ2n) is 4.84. The molecule has 0 unspecified atom stereocenters. The number of hydrogen-bond donors (Lipinski definition) is 1. The number of rotatable bonds is 1. The quantitative estimate of drug-likeness (QED) is 0.716. The van der Waals surface area contributed by atoms with Crippen LogP contribution in [0.2, 0.25) is 0 Å². The van der Waals surface area contributed by atoms with Gasteiger partial charge in [-0.3, -0.25) is 0 Å². The maximum atomic E-state index is 12.7. The molecule has 1 fully saturated rings. The van der Waals surface area contributed by atoms with E-state index in [0.717, 1.165) is 25.0 Å². The molecule has 1 nitrogen and oxygen atoms in total. The predicted molar refractivity (Wildman–Crippen MR) is 68.3 cm³/mol. The number of alkyl halides is 6. The van der Waals surface area contributed by atoms with Crippen LogP contribution < -0.4 is 5.32 Å². The largest absolute Gasteiger partial charge is 0.416 e. The van der Waals surface area contributed by atoms with E-state index in [1.165, 1.54) is 0 Å². The van der Waals surface area contributed by atoms with Crippen LogP contribution in [0, 0.1) is 0 Å². The summed E-state index contributed by atoms with van der Waals surface area (Å²) in [5.41, 5.74) is -2.46. The molecule has 8 heteroatoms. The summed E-state index contributed by atoms with van der Waals surface area (Å²) in [6.45, 7) is 0.599. The van der Waals surface area contributed by atoms with Gasteiger partial charge in [-0.2, -0.15) is 26.3 Å². The van der Waals surface area contributed by atoms with E-state index in [0.29, 0.717) is 13.0 Å². The van der Waals surface area contributed by atoms with Crippen molar-refractivity contribution in [3.63, 3.8) is 0 Å². The monoisotopic (exact) mass is 333 g/mol. The van der Waals surface area contributed by atoms with Gasteiger partial charge in [-0.25, -0.2) is 0 Å². The highest BCUT2D eigenvalue weighted by Crippen LogP contribution is 2.38. The third kappa shape index (κ3) is 4.51. The molecular formula is C13H14ClF6N. The van der Waals surface area contributed by atoms with Crippen molar-refractivity contribution in [1.29, 1.82) is 0 Å². The van der Waals surface area contributed by atoms with Gasteiger partial charge in [0.05, 0.1) is 11.1 Å². The van der Waals surface area contributed by atoms with E-state index >= 15 is 0 Å². The van der Waals surface area contributed by atoms with Gasteiger partial charge >= 0.3 is 12.4 Å². The predicted octanol–water partition coefficient (Wildman–Crippen LogP) is 4.96. The first-order valence-corrected chi connectivity index (χ1v) is 6.21. The first-order chi connectivity index (χ1) is 9.18. The lowest BCUT2D eigenvalue weighted by Crippen LogP contribution is -2.27. The fraction of sp³-hybridized carbons (Fsp3) is 0.538. The Kier molecular flexibility index (Phi) is 5.55. The Balaban J connectivity index is 0.00000220. The Bertz CT molecular complexity index is 444. The van der Waals surface area contributed by atoms with Gasteiger partial charge < -0.3 is 5.32 Å². The molecule has 120 valence electrons. The minimum atomic E-state index is -4.79. The number of piperidine rings is 1. The molecule has 1 heterocycles. The lowest BCUT2D eigenvalue weighted by Gasteiger charge is -2.25. The van der Waals surface area contributed by atoms with Crippen LogP contribution in [0.3, 0.4) is 0 Å². The standard InChI is InChI=1S/C13H13F6N.ClH/c14-12(15,16)9-5-8(11-3-1-2-4-20-11)6-10(7-9)13(17,18)19;/h5-7,11,20H,1-4H2;1H/t11-;/m1./s1. The van der Waals surface area contributed by atoms with E-state index in [1.54, 1.807) is 0 Å². The molecule has 0 bridgehead atoms. The van der Waals surface area contributed by atoms with Gasteiger partial charge in [0.1, 0.15) is 0 Å². The second-order valence-corrected chi connectivity index (χ2v) is 4.84. The summed E-state index contributed by atoms with van der Waals surface area (Å²) in [5, 5.41) is 2.96. The summed E-state index contributed by atoms with van der Waals surface area (Å²) in [5.74, 6) is 0. The molecule has 1 aliphatic heterocycles. The number of benzene rings is 1. The maximum Gasteiger partial charge on any atom is 0.416 e. The number of hydrogen-bond acceptors (Lipinski definition) is 1. The lowest BCUT2D eigenvalue weighted by atomic mass is 9.94. The summed E-state index contributed by atoms with van der Waals surface area (Å²) >= 11 is 0. The minimum absolute atomic E-state index is 0. The zero-order chi connectivity index (χ0) is 15.0. The maximum absolute atomic E-state index is 12.7. The van der Waals surface area contributed by atoms with E-state index < -0.39 is 29.5 Å². The molecule has 1 aromatic carbocycles. The zero-order valence-corrected chi connectivity index (χ0v) is 11.6. The Morgan fingerprint density at radius 1 is 0.857 bits per heavy atom. The molecule has 0 aliphatic carbocycles. The van der Waals surface area contributed by atoms with E-state index in [9.17, 15) is 26.3 Å². The molecule has 0 spiro atoms. The third-order valence-electron chi connectivity index (χ3n) is 3.32. The highest BCUT2D eigenvalue weighted by Gasteiger charge is 2.37. The average Bonchev–Trinajstić information content (AvgIpc) is 2.37. The third-order valence-corrected chi connectivity index (χ3v) is 3.32. The van der Waals surface area contributed by atoms with Crippen molar-refractivity contribution in [3.8, 4) is 0 Å². The molecule has 2 rings (SSSR count). The minimum Gasteiger partial charge on any atom is -0.310 e. The molecule has 1 saturated heterocycles. The molecule has 0 aromatic heterocycles. The molecule has 0 amide bonds. The molecule has 0 radical (unpaired) electrons. The summed E-state index contributed by atoms with van der Waals surface area (Å²) in [6, 6.07) is 1.31. The van der Waals surface area contributed by atoms with Gasteiger partial charge in [0.2, 0.25) is 0 Å². The topological polar surface area (TPSA) is 12.0 Å². The van der Waals surface area contributed by atoms with Crippen molar-refractivity contribution in [1.82, 2.24) is 5.32 Å². The van der Waals surface area contributed by atoms with Gasteiger partial charge in [0.25, 0.3) is 0 Å².